The Morgan fingerprint density at radius 1 is 1.26 bits per heavy atom. The van der Waals surface area contributed by atoms with Crippen LogP contribution in [0.15, 0.2) is 5.38 Å². The third kappa shape index (κ3) is 2.49. The molecule has 1 amide bonds. The first-order valence-electron chi connectivity index (χ1n) is 7.70. The number of hydrogen-bond acceptors (Lipinski definition) is 7. The maximum absolute atomic E-state index is 11.1. The molecular formula is C14H18N6O2S. The Morgan fingerprint density at radius 3 is 2.87 bits per heavy atom. The molecule has 1 unspecified atom stereocenters. The van der Waals surface area contributed by atoms with Gasteiger partial charge in [-0.25, -0.2) is 4.98 Å². The van der Waals surface area contributed by atoms with Crippen molar-refractivity contribution in [1.29, 1.82) is 0 Å². The highest BCUT2D eigenvalue weighted by Gasteiger charge is 2.28. The molecule has 8 nitrogen and oxygen atoms in total. The number of nitrogens with zero attached hydrogens (tertiary/aromatic N) is 6. The van der Waals surface area contributed by atoms with E-state index < -0.39 is 0 Å². The topological polar surface area (TPSA) is 76.4 Å². The van der Waals surface area contributed by atoms with Gasteiger partial charge in [0.1, 0.15) is 5.69 Å². The van der Waals surface area contributed by atoms with Gasteiger partial charge in [-0.05, 0) is 6.92 Å². The lowest BCUT2D eigenvalue weighted by Crippen LogP contribution is -2.36. The van der Waals surface area contributed by atoms with E-state index in [1.54, 1.807) is 16.2 Å². The van der Waals surface area contributed by atoms with Gasteiger partial charge < -0.3 is 19.1 Å². The lowest BCUT2D eigenvalue weighted by atomic mass is 10.2. The van der Waals surface area contributed by atoms with Crippen molar-refractivity contribution in [3.05, 3.63) is 11.2 Å². The number of carbonyl (C=O) groups is 1. The van der Waals surface area contributed by atoms with Crippen molar-refractivity contribution in [2.45, 2.75) is 19.5 Å². The molecule has 0 spiro atoms. The lowest BCUT2D eigenvalue weighted by Gasteiger charge is -2.30. The van der Waals surface area contributed by atoms with Gasteiger partial charge in [-0.3, -0.25) is 4.79 Å². The summed E-state index contributed by atoms with van der Waals surface area (Å²) in [5, 5.41) is 11.6. The van der Waals surface area contributed by atoms with Crippen LogP contribution in [-0.2, 0) is 16.1 Å². The summed E-state index contributed by atoms with van der Waals surface area (Å²) in [5.74, 6) is 1.60. The first kappa shape index (κ1) is 14.6. The number of thiazole rings is 1. The van der Waals surface area contributed by atoms with Gasteiger partial charge in [0.05, 0.1) is 19.3 Å². The molecule has 0 aromatic carbocycles. The molecule has 4 heterocycles. The van der Waals surface area contributed by atoms with Crippen molar-refractivity contribution >= 4 is 22.9 Å². The van der Waals surface area contributed by atoms with E-state index in [9.17, 15) is 4.79 Å². The summed E-state index contributed by atoms with van der Waals surface area (Å²) in [6.07, 6.45) is 0.877. The van der Waals surface area contributed by atoms with Gasteiger partial charge in [0.15, 0.2) is 16.8 Å². The summed E-state index contributed by atoms with van der Waals surface area (Å²) in [6, 6.07) is -0.0557. The van der Waals surface area contributed by atoms with E-state index in [1.807, 2.05) is 12.3 Å². The Kier molecular flexibility index (Phi) is 3.74. The highest BCUT2D eigenvalue weighted by atomic mass is 32.1. The molecule has 122 valence electrons. The Hall–Kier alpha value is -2.00. The number of aromatic nitrogens is 4. The minimum absolute atomic E-state index is 0.0557. The van der Waals surface area contributed by atoms with Crippen molar-refractivity contribution in [3.63, 3.8) is 0 Å². The van der Waals surface area contributed by atoms with Crippen LogP contribution in [0.3, 0.4) is 0 Å². The fourth-order valence-electron chi connectivity index (χ4n) is 3.00. The van der Waals surface area contributed by atoms with Gasteiger partial charge in [-0.1, -0.05) is 0 Å². The molecule has 4 rings (SSSR count). The fourth-order valence-corrected chi connectivity index (χ4v) is 3.86. The van der Waals surface area contributed by atoms with Crippen LogP contribution < -0.4 is 4.90 Å². The van der Waals surface area contributed by atoms with Gasteiger partial charge in [0.25, 0.3) is 0 Å². The summed E-state index contributed by atoms with van der Waals surface area (Å²) >= 11 is 1.62. The van der Waals surface area contributed by atoms with Crippen LogP contribution >= 0.6 is 11.3 Å². The standard InChI is InChI=1S/C14H18N6O2S/c1-10-12-16-17-13(20(12)3-2-19(10)9-21)11-8-23-14(15-11)18-4-6-22-7-5-18/h8-10H,2-7H2,1H3. The van der Waals surface area contributed by atoms with Gasteiger partial charge >= 0.3 is 0 Å². The Morgan fingerprint density at radius 2 is 2.09 bits per heavy atom. The van der Waals surface area contributed by atoms with Crippen molar-refractivity contribution < 1.29 is 9.53 Å². The van der Waals surface area contributed by atoms with E-state index in [0.717, 1.165) is 55.2 Å². The van der Waals surface area contributed by atoms with Gasteiger partial charge in [0, 0.05) is 31.6 Å². The number of ether oxygens (including phenoxy) is 1. The number of amides is 1. The average Bonchev–Trinajstić information content (AvgIpc) is 3.23. The summed E-state index contributed by atoms with van der Waals surface area (Å²) in [7, 11) is 0. The molecule has 2 aliphatic heterocycles. The molecule has 1 saturated heterocycles. The van der Waals surface area contributed by atoms with Crippen molar-refractivity contribution in [1.82, 2.24) is 24.6 Å². The van der Waals surface area contributed by atoms with Gasteiger partial charge in [0.2, 0.25) is 6.41 Å². The smallest absolute Gasteiger partial charge is 0.210 e. The highest BCUT2D eigenvalue weighted by Crippen LogP contribution is 2.30. The second-order valence-electron chi connectivity index (χ2n) is 5.67. The van der Waals surface area contributed by atoms with Crippen LogP contribution in [0, 0.1) is 0 Å². The average molecular weight is 334 g/mol. The van der Waals surface area contributed by atoms with Crippen molar-refractivity contribution in [2.75, 3.05) is 37.7 Å². The summed E-state index contributed by atoms with van der Waals surface area (Å²) in [5.41, 5.74) is 0.849. The number of hydrogen-bond donors (Lipinski definition) is 0. The molecule has 2 aliphatic rings. The lowest BCUT2D eigenvalue weighted by molar-refractivity contribution is -0.121. The predicted octanol–water partition coefficient (Wildman–Crippen LogP) is 0.771. The fraction of sp³-hybridized carbons (Fsp3) is 0.571. The number of rotatable bonds is 3. The normalized spacial score (nSPS) is 21.3. The van der Waals surface area contributed by atoms with E-state index in [4.69, 9.17) is 9.72 Å². The van der Waals surface area contributed by atoms with Crippen LogP contribution in [0.4, 0.5) is 5.13 Å². The number of morpholine rings is 1. The summed E-state index contributed by atoms with van der Waals surface area (Å²) in [4.78, 5) is 19.8. The zero-order valence-corrected chi connectivity index (χ0v) is 13.7. The molecule has 0 bridgehead atoms. The van der Waals surface area contributed by atoms with E-state index in [0.29, 0.717) is 13.1 Å². The monoisotopic (exact) mass is 334 g/mol. The zero-order chi connectivity index (χ0) is 15.8. The number of fused-ring (bicyclic) bond motifs is 1. The molecule has 0 radical (unpaired) electrons. The minimum atomic E-state index is -0.0557. The van der Waals surface area contributed by atoms with Crippen LogP contribution in [0.25, 0.3) is 11.5 Å². The quantitative estimate of drug-likeness (QED) is 0.772. The predicted molar refractivity (Wildman–Crippen MR) is 85.3 cm³/mol. The molecule has 0 saturated carbocycles. The Balaban J connectivity index is 1.62. The summed E-state index contributed by atoms with van der Waals surface area (Å²) < 4.78 is 7.45. The van der Waals surface area contributed by atoms with Crippen LogP contribution in [0.2, 0.25) is 0 Å². The van der Waals surface area contributed by atoms with E-state index in [1.165, 1.54) is 0 Å². The first-order chi connectivity index (χ1) is 11.3. The SMILES string of the molecule is CC1c2nnc(-c3csc(N4CCOCC4)n3)n2CCN1C=O. The zero-order valence-electron chi connectivity index (χ0n) is 12.9. The van der Waals surface area contributed by atoms with E-state index in [2.05, 4.69) is 19.7 Å². The third-order valence-corrected chi connectivity index (χ3v) is 5.27. The van der Waals surface area contributed by atoms with Gasteiger partial charge in [-0.2, -0.15) is 0 Å². The first-order valence-corrected chi connectivity index (χ1v) is 8.58. The molecular weight excluding hydrogens is 316 g/mol. The number of anilines is 1. The Labute approximate surface area is 137 Å². The summed E-state index contributed by atoms with van der Waals surface area (Å²) in [6.45, 7) is 6.57. The molecule has 2 aromatic heterocycles. The molecule has 0 aliphatic carbocycles. The van der Waals surface area contributed by atoms with Crippen LogP contribution in [-0.4, -0.2) is 63.9 Å². The van der Waals surface area contributed by atoms with Crippen LogP contribution in [0.1, 0.15) is 18.8 Å². The van der Waals surface area contributed by atoms with Crippen LogP contribution in [0.5, 0.6) is 0 Å². The van der Waals surface area contributed by atoms with Gasteiger partial charge in [-0.15, -0.1) is 21.5 Å². The molecule has 0 N–H and O–H groups in total. The minimum Gasteiger partial charge on any atom is -0.378 e. The molecule has 1 atom stereocenters. The molecule has 2 aromatic rings. The van der Waals surface area contributed by atoms with E-state index in [-0.39, 0.29) is 6.04 Å². The number of carbonyl (C=O) groups excluding carboxylic acids is 1. The molecule has 1 fully saturated rings. The highest BCUT2D eigenvalue weighted by molar-refractivity contribution is 7.14. The molecule has 9 heteroatoms. The Bertz CT molecular complexity index is 708. The third-order valence-electron chi connectivity index (χ3n) is 4.37. The maximum atomic E-state index is 11.1. The van der Waals surface area contributed by atoms with E-state index >= 15 is 0 Å². The second kappa shape index (κ2) is 5.89. The second-order valence-corrected chi connectivity index (χ2v) is 6.50. The maximum Gasteiger partial charge on any atom is 0.210 e. The largest absolute Gasteiger partial charge is 0.378 e. The van der Waals surface area contributed by atoms with Crippen molar-refractivity contribution in [3.8, 4) is 11.5 Å². The van der Waals surface area contributed by atoms with Crippen molar-refractivity contribution in [2.24, 2.45) is 0 Å². The molecule has 23 heavy (non-hydrogen) atoms.